The van der Waals surface area contributed by atoms with Crippen molar-refractivity contribution < 1.29 is 23.9 Å². The van der Waals surface area contributed by atoms with Gasteiger partial charge in [0.1, 0.15) is 0 Å². The smallest absolute Gasteiger partial charge is 0.345 e. The van der Waals surface area contributed by atoms with E-state index in [9.17, 15) is 14.4 Å². The Morgan fingerprint density at radius 3 is 2.38 bits per heavy atom. The second-order valence-electron chi connectivity index (χ2n) is 7.26. The van der Waals surface area contributed by atoms with Crippen molar-refractivity contribution in [2.45, 2.75) is 6.92 Å². The van der Waals surface area contributed by atoms with Gasteiger partial charge in [0.15, 0.2) is 11.5 Å². The number of nitrogens with zero attached hydrogens (tertiary/aromatic N) is 1. The second-order valence-corrected chi connectivity index (χ2v) is 8.92. The number of nitrogens with one attached hydrogen (secondary N) is 2. The minimum Gasteiger partial charge on any atom is -0.490 e. The first kappa shape index (κ1) is 28.3. The number of amides is 2. The van der Waals surface area contributed by atoms with E-state index in [1.807, 2.05) is 0 Å². The highest BCUT2D eigenvalue weighted by molar-refractivity contribution is 6.42. The number of carbonyl (C=O) groups is 3. The quantitative estimate of drug-likeness (QED) is 0.144. The molecule has 37 heavy (non-hydrogen) atoms. The molecule has 0 radical (unpaired) electrons. The lowest BCUT2D eigenvalue weighted by Gasteiger charge is -2.12. The van der Waals surface area contributed by atoms with Gasteiger partial charge >= 0.3 is 5.97 Å². The van der Waals surface area contributed by atoms with Gasteiger partial charge in [0.2, 0.25) is 0 Å². The van der Waals surface area contributed by atoms with Crippen molar-refractivity contribution in [3.05, 3.63) is 91.4 Å². The van der Waals surface area contributed by atoms with Crippen LogP contribution in [0.15, 0.2) is 59.7 Å². The van der Waals surface area contributed by atoms with Crippen molar-refractivity contribution in [3.63, 3.8) is 0 Å². The van der Waals surface area contributed by atoms with Gasteiger partial charge in [-0.1, -0.05) is 46.4 Å². The van der Waals surface area contributed by atoms with Gasteiger partial charge in [-0.2, -0.15) is 5.10 Å². The monoisotopic (exact) mass is 581 g/mol. The summed E-state index contributed by atoms with van der Waals surface area (Å²) in [6.45, 7) is 1.76. The molecular weight excluding hydrogens is 564 g/mol. The molecule has 0 aliphatic carbocycles. The summed E-state index contributed by atoms with van der Waals surface area (Å²) in [6, 6.07) is 13.5. The first-order valence-electron chi connectivity index (χ1n) is 10.7. The fourth-order valence-corrected chi connectivity index (χ4v) is 3.67. The standard InChI is InChI=1S/C25H19Cl4N3O5/c1-2-36-22-9-14(3-8-21(22)37-25(35)17-6-5-16(26)11-19(17)28)12-31-32-23(33)13-30-24(34)15-4-7-18(27)20(29)10-15/h3-12H,2,13H2,1H3,(H,30,34)(H,32,33)/b31-12+. The van der Waals surface area contributed by atoms with Crippen LogP contribution in [0.3, 0.4) is 0 Å². The van der Waals surface area contributed by atoms with Crippen molar-refractivity contribution in [1.29, 1.82) is 0 Å². The fourth-order valence-electron chi connectivity index (χ4n) is 2.89. The number of esters is 1. The first-order chi connectivity index (χ1) is 17.7. The van der Waals surface area contributed by atoms with Crippen LogP contribution in [0.25, 0.3) is 0 Å². The van der Waals surface area contributed by atoms with E-state index < -0.39 is 17.8 Å². The molecule has 3 aromatic rings. The highest BCUT2D eigenvalue weighted by Crippen LogP contribution is 2.30. The van der Waals surface area contributed by atoms with E-state index in [4.69, 9.17) is 55.9 Å². The van der Waals surface area contributed by atoms with E-state index in [0.717, 1.165) is 0 Å². The number of halogens is 4. The third-order valence-corrected chi connectivity index (χ3v) is 5.90. The van der Waals surface area contributed by atoms with Crippen LogP contribution in [0.4, 0.5) is 0 Å². The molecule has 3 aromatic carbocycles. The highest BCUT2D eigenvalue weighted by atomic mass is 35.5. The molecular formula is C25H19Cl4N3O5. The van der Waals surface area contributed by atoms with Crippen LogP contribution < -0.4 is 20.2 Å². The zero-order valence-electron chi connectivity index (χ0n) is 19.2. The predicted molar refractivity (Wildman–Crippen MR) is 144 cm³/mol. The topological polar surface area (TPSA) is 106 Å². The minimum atomic E-state index is -0.681. The van der Waals surface area contributed by atoms with Crippen LogP contribution in [0.1, 0.15) is 33.2 Å². The zero-order chi connectivity index (χ0) is 26.9. The third kappa shape index (κ3) is 8.10. The van der Waals surface area contributed by atoms with Crippen molar-refractivity contribution >= 4 is 70.4 Å². The van der Waals surface area contributed by atoms with Crippen LogP contribution in [0.2, 0.25) is 20.1 Å². The molecule has 0 spiro atoms. The van der Waals surface area contributed by atoms with Gasteiger partial charge in [0, 0.05) is 10.6 Å². The molecule has 8 nitrogen and oxygen atoms in total. The number of hydrogen-bond acceptors (Lipinski definition) is 6. The number of carbonyl (C=O) groups excluding carboxylic acids is 3. The molecule has 0 heterocycles. The molecule has 192 valence electrons. The van der Waals surface area contributed by atoms with Crippen LogP contribution in [0, 0.1) is 0 Å². The summed E-state index contributed by atoms with van der Waals surface area (Å²) in [5.74, 6) is -1.28. The Balaban J connectivity index is 1.59. The average Bonchev–Trinajstić information content (AvgIpc) is 2.85. The summed E-state index contributed by atoms with van der Waals surface area (Å²) in [5.41, 5.74) is 3.26. The Morgan fingerprint density at radius 1 is 0.892 bits per heavy atom. The summed E-state index contributed by atoms with van der Waals surface area (Å²) in [7, 11) is 0. The number of ether oxygens (including phenoxy) is 2. The van der Waals surface area contributed by atoms with Crippen molar-refractivity contribution in [3.8, 4) is 11.5 Å². The number of rotatable bonds is 9. The lowest BCUT2D eigenvalue weighted by atomic mass is 10.2. The Morgan fingerprint density at radius 2 is 1.68 bits per heavy atom. The molecule has 3 rings (SSSR count). The van der Waals surface area contributed by atoms with E-state index >= 15 is 0 Å². The number of hydrazone groups is 1. The largest absolute Gasteiger partial charge is 0.490 e. The van der Waals surface area contributed by atoms with Crippen molar-refractivity contribution in [2.75, 3.05) is 13.2 Å². The van der Waals surface area contributed by atoms with Gasteiger partial charge in [-0.3, -0.25) is 9.59 Å². The van der Waals surface area contributed by atoms with E-state index in [-0.39, 0.29) is 39.2 Å². The summed E-state index contributed by atoms with van der Waals surface area (Å²) >= 11 is 23.7. The van der Waals surface area contributed by atoms with Crippen molar-refractivity contribution in [1.82, 2.24) is 10.7 Å². The predicted octanol–water partition coefficient (Wildman–Crippen LogP) is 5.80. The number of hydrogen-bond donors (Lipinski definition) is 2. The van der Waals surface area contributed by atoms with Crippen LogP contribution in [0.5, 0.6) is 11.5 Å². The summed E-state index contributed by atoms with van der Waals surface area (Å²) < 4.78 is 11.0. The molecule has 12 heteroatoms. The highest BCUT2D eigenvalue weighted by Gasteiger charge is 2.16. The van der Waals surface area contributed by atoms with Gasteiger partial charge in [0.25, 0.3) is 11.8 Å². The van der Waals surface area contributed by atoms with Gasteiger partial charge < -0.3 is 14.8 Å². The van der Waals surface area contributed by atoms with Gasteiger partial charge in [-0.05, 0) is 67.1 Å². The van der Waals surface area contributed by atoms with E-state index in [1.165, 1.54) is 48.7 Å². The summed E-state index contributed by atoms with van der Waals surface area (Å²) in [5, 5.41) is 7.41. The first-order valence-corrected chi connectivity index (χ1v) is 12.2. The van der Waals surface area contributed by atoms with E-state index in [2.05, 4.69) is 15.8 Å². The minimum absolute atomic E-state index is 0.146. The molecule has 2 amide bonds. The Labute approximate surface area is 232 Å². The molecule has 0 saturated carbocycles. The molecule has 0 aliphatic heterocycles. The molecule has 0 aromatic heterocycles. The summed E-state index contributed by atoms with van der Waals surface area (Å²) in [4.78, 5) is 36.7. The Kier molecular flexibility index (Phi) is 10.2. The molecule has 0 bridgehead atoms. The van der Waals surface area contributed by atoms with Gasteiger partial charge in [-0.15, -0.1) is 0 Å². The molecule has 0 atom stereocenters. The third-order valence-electron chi connectivity index (χ3n) is 4.62. The van der Waals surface area contributed by atoms with E-state index in [0.29, 0.717) is 22.2 Å². The zero-order valence-corrected chi connectivity index (χ0v) is 22.2. The van der Waals surface area contributed by atoms with Crippen LogP contribution in [-0.4, -0.2) is 37.1 Å². The SMILES string of the molecule is CCOc1cc(/C=N/NC(=O)CNC(=O)c2ccc(Cl)c(Cl)c2)ccc1OC(=O)c1ccc(Cl)cc1Cl. The molecule has 0 aliphatic rings. The van der Waals surface area contributed by atoms with Crippen molar-refractivity contribution in [2.24, 2.45) is 5.10 Å². The maximum absolute atomic E-state index is 12.5. The maximum Gasteiger partial charge on any atom is 0.345 e. The Bertz CT molecular complexity index is 1360. The van der Waals surface area contributed by atoms with Crippen LogP contribution >= 0.6 is 46.4 Å². The van der Waals surface area contributed by atoms with E-state index in [1.54, 1.807) is 19.1 Å². The van der Waals surface area contributed by atoms with Gasteiger partial charge in [0.05, 0.1) is 40.0 Å². The molecule has 0 saturated heterocycles. The second kappa shape index (κ2) is 13.3. The lowest BCUT2D eigenvalue weighted by Crippen LogP contribution is -2.34. The maximum atomic E-state index is 12.5. The average molecular weight is 583 g/mol. The summed E-state index contributed by atoms with van der Waals surface area (Å²) in [6.07, 6.45) is 1.36. The van der Waals surface area contributed by atoms with Crippen LogP contribution in [-0.2, 0) is 4.79 Å². The fraction of sp³-hybridized carbons (Fsp3) is 0.120. The lowest BCUT2D eigenvalue weighted by molar-refractivity contribution is -0.120. The molecule has 2 N–H and O–H groups in total. The normalized spacial score (nSPS) is 10.7. The van der Waals surface area contributed by atoms with Gasteiger partial charge in [-0.25, -0.2) is 10.2 Å². The molecule has 0 unspecified atom stereocenters. The Hall–Kier alpha value is -3.30. The molecule has 0 fully saturated rings. The number of benzene rings is 3.